The van der Waals surface area contributed by atoms with E-state index in [-0.39, 0.29) is 12.0 Å². The number of carboxylic acid groups (broad SMARTS) is 1. The van der Waals surface area contributed by atoms with E-state index in [4.69, 9.17) is 5.11 Å². The van der Waals surface area contributed by atoms with Gasteiger partial charge in [0.05, 0.1) is 11.6 Å². The standard InChI is InChI=1S/C16H17N3O2/c20-16(21)12-6-7-13(10-12)17-15-9-8-14(18-19-15)11-4-2-1-3-5-11/h1-5,8-9,12-13H,6-7,10H2,(H,17,19)(H,20,21). The van der Waals surface area contributed by atoms with Crippen LogP contribution in [0.1, 0.15) is 19.3 Å². The van der Waals surface area contributed by atoms with Crippen molar-refractivity contribution in [3.8, 4) is 11.3 Å². The predicted molar refractivity (Wildman–Crippen MR) is 79.9 cm³/mol. The second-order valence-corrected chi connectivity index (χ2v) is 5.36. The molecule has 2 atom stereocenters. The molecule has 0 saturated heterocycles. The molecule has 1 saturated carbocycles. The summed E-state index contributed by atoms with van der Waals surface area (Å²) in [6.45, 7) is 0. The van der Waals surface area contributed by atoms with E-state index in [1.807, 2.05) is 42.5 Å². The van der Waals surface area contributed by atoms with Crippen molar-refractivity contribution < 1.29 is 9.90 Å². The monoisotopic (exact) mass is 283 g/mol. The first-order chi connectivity index (χ1) is 10.2. The summed E-state index contributed by atoms with van der Waals surface area (Å²) in [6, 6.07) is 13.9. The van der Waals surface area contributed by atoms with Gasteiger partial charge in [0, 0.05) is 11.6 Å². The van der Waals surface area contributed by atoms with E-state index in [0.717, 1.165) is 24.1 Å². The summed E-state index contributed by atoms with van der Waals surface area (Å²) in [5, 5.41) is 20.7. The molecule has 5 nitrogen and oxygen atoms in total. The molecule has 0 radical (unpaired) electrons. The maximum absolute atomic E-state index is 10.9. The van der Waals surface area contributed by atoms with Crippen LogP contribution in [0, 0.1) is 5.92 Å². The number of nitrogens with one attached hydrogen (secondary N) is 1. The lowest BCUT2D eigenvalue weighted by Crippen LogP contribution is -2.18. The van der Waals surface area contributed by atoms with E-state index >= 15 is 0 Å². The highest BCUT2D eigenvalue weighted by Crippen LogP contribution is 2.28. The minimum absolute atomic E-state index is 0.169. The van der Waals surface area contributed by atoms with Gasteiger partial charge in [-0.15, -0.1) is 10.2 Å². The molecule has 0 aliphatic heterocycles. The molecule has 1 aromatic carbocycles. The zero-order valence-electron chi connectivity index (χ0n) is 11.6. The van der Waals surface area contributed by atoms with Crippen molar-refractivity contribution in [2.45, 2.75) is 25.3 Å². The Morgan fingerprint density at radius 2 is 1.90 bits per heavy atom. The Morgan fingerprint density at radius 1 is 1.10 bits per heavy atom. The third kappa shape index (κ3) is 3.18. The Labute approximate surface area is 123 Å². The first kappa shape index (κ1) is 13.5. The van der Waals surface area contributed by atoms with Gasteiger partial charge in [0.25, 0.3) is 0 Å². The molecule has 21 heavy (non-hydrogen) atoms. The Hall–Kier alpha value is -2.43. The van der Waals surface area contributed by atoms with Gasteiger partial charge in [0.15, 0.2) is 0 Å². The van der Waals surface area contributed by atoms with Crippen molar-refractivity contribution in [1.82, 2.24) is 10.2 Å². The van der Waals surface area contributed by atoms with Crippen LogP contribution in [0.25, 0.3) is 11.3 Å². The summed E-state index contributed by atoms with van der Waals surface area (Å²) < 4.78 is 0. The van der Waals surface area contributed by atoms with Crippen LogP contribution in [0.5, 0.6) is 0 Å². The van der Waals surface area contributed by atoms with Crippen LogP contribution in [0.2, 0.25) is 0 Å². The third-order valence-electron chi connectivity index (χ3n) is 3.87. The molecule has 0 amide bonds. The van der Waals surface area contributed by atoms with Crippen LogP contribution in [0.3, 0.4) is 0 Å². The largest absolute Gasteiger partial charge is 0.481 e. The number of hydrogen-bond donors (Lipinski definition) is 2. The van der Waals surface area contributed by atoms with Crippen molar-refractivity contribution in [1.29, 1.82) is 0 Å². The van der Waals surface area contributed by atoms with E-state index in [1.165, 1.54) is 0 Å². The molecule has 2 N–H and O–H groups in total. The highest BCUT2D eigenvalue weighted by atomic mass is 16.4. The van der Waals surface area contributed by atoms with Gasteiger partial charge in [0.1, 0.15) is 5.82 Å². The summed E-state index contributed by atoms with van der Waals surface area (Å²) >= 11 is 0. The lowest BCUT2D eigenvalue weighted by atomic mass is 10.1. The molecular weight excluding hydrogens is 266 g/mol. The van der Waals surface area contributed by atoms with Gasteiger partial charge < -0.3 is 10.4 Å². The smallest absolute Gasteiger partial charge is 0.306 e. The lowest BCUT2D eigenvalue weighted by molar-refractivity contribution is -0.141. The third-order valence-corrected chi connectivity index (χ3v) is 3.87. The normalized spacial score (nSPS) is 21.1. The van der Waals surface area contributed by atoms with Crippen LogP contribution < -0.4 is 5.32 Å². The zero-order chi connectivity index (χ0) is 14.7. The highest BCUT2D eigenvalue weighted by molar-refractivity contribution is 5.70. The fourth-order valence-electron chi connectivity index (χ4n) is 2.72. The molecule has 3 rings (SSSR count). The van der Waals surface area contributed by atoms with Gasteiger partial charge >= 0.3 is 5.97 Å². The first-order valence-corrected chi connectivity index (χ1v) is 7.11. The summed E-state index contributed by atoms with van der Waals surface area (Å²) in [5.74, 6) is -0.241. The Bertz CT molecular complexity index is 613. The summed E-state index contributed by atoms with van der Waals surface area (Å²) in [4.78, 5) is 10.9. The molecule has 1 fully saturated rings. The van der Waals surface area contributed by atoms with Gasteiger partial charge in [0.2, 0.25) is 0 Å². The zero-order valence-corrected chi connectivity index (χ0v) is 11.6. The van der Waals surface area contributed by atoms with E-state index in [2.05, 4.69) is 15.5 Å². The molecule has 1 aliphatic rings. The minimum atomic E-state index is -0.704. The fourth-order valence-corrected chi connectivity index (χ4v) is 2.72. The molecular formula is C16H17N3O2. The minimum Gasteiger partial charge on any atom is -0.481 e. The van der Waals surface area contributed by atoms with Crippen molar-refractivity contribution in [3.05, 3.63) is 42.5 Å². The van der Waals surface area contributed by atoms with Gasteiger partial charge in [-0.25, -0.2) is 0 Å². The predicted octanol–water partition coefficient (Wildman–Crippen LogP) is 2.81. The molecule has 0 bridgehead atoms. The van der Waals surface area contributed by atoms with Gasteiger partial charge in [-0.3, -0.25) is 4.79 Å². The second-order valence-electron chi connectivity index (χ2n) is 5.36. The van der Waals surface area contributed by atoms with Crippen molar-refractivity contribution in [2.75, 3.05) is 5.32 Å². The van der Waals surface area contributed by atoms with E-state index in [1.54, 1.807) is 0 Å². The van der Waals surface area contributed by atoms with Crippen LogP contribution in [-0.2, 0) is 4.79 Å². The fraction of sp³-hybridized carbons (Fsp3) is 0.312. The van der Waals surface area contributed by atoms with Crippen molar-refractivity contribution in [2.24, 2.45) is 5.92 Å². The van der Waals surface area contributed by atoms with E-state index < -0.39 is 5.97 Å². The average molecular weight is 283 g/mol. The average Bonchev–Trinajstić information content (AvgIpc) is 2.98. The Kier molecular flexibility index (Phi) is 3.81. The van der Waals surface area contributed by atoms with E-state index in [0.29, 0.717) is 12.2 Å². The second kappa shape index (κ2) is 5.91. The molecule has 1 aliphatic carbocycles. The first-order valence-electron chi connectivity index (χ1n) is 7.11. The maximum atomic E-state index is 10.9. The number of anilines is 1. The van der Waals surface area contributed by atoms with Crippen LogP contribution in [-0.4, -0.2) is 27.3 Å². The SMILES string of the molecule is O=C(O)C1CCC(Nc2ccc(-c3ccccc3)nn2)C1. The number of benzene rings is 1. The van der Waals surface area contributed by atoms with Crippen LogP contribution >= 0.6 is 0 Å². The number of carboxylic acids is 1. The van der Waals surface area contributed by atoms with Gasteiger partial charge in [-0.1, -0.05) is 30.3 Å². The number of aliphatic carboxylic acids is 1. The molecule has 1 heterocycles. The van der Waals surface area contributed by atoms with Crippen LogP contribution in [0.15, 0.2) is 42.5 Å². The number of hydrogen-bond acceptors (Lipinski definition) is 4. The molecule has 0 spiro atoms. The summed E-state index contributed by atoms with van der Waals surface area (Å²) in [7, 11) is 0. The molecule has 1 aromatic heterocycles. The molecule has 108 valence electrons. The van der Waals surface area contributed by atoms with Gasteiger partial charge in [-0.2, -0.15) is 0 Å². The maximum Gasteiger partial charge on any atom is 0.306 e. The van der Waals surface area contributed by atoms with Crippen LogP contribution in [0.4, 0.5) is 5.82 Å². The highest BCUT2D eigenvalue weighted by Gasteiger charge is 2.29. The molecule has 2 unspecified atom stereocenters. The number of aromatic nitrogens is 2. The Morgan fingerprint density at radius 3 is 2.52 bits per heavy atom. The number of carbonyl (C=O) groups is 1. The van der Waals surface area contributed by atoms with Crippen molar-refractivity contribution >= 4 is 11.8 Å². The number of rotatable bonds is 4. The van der Waals surface area contributed by atoms with Crippen molar-refractivity contribution in [3.63, 3.8) is 0 Å². The Balaban J connectivity index is 1.64. The van der Waals surface area contributed by atoms with Gasteiger partial charge in [-0.05, 0) is 31.4 Å². The quantitative estimate of drug-likeness (QED) is 0.902. The lowest BCUT2D eigenvalue weighted by Gasteiger charge is -2.12. The molecule has 2 aromatic rings. The molecule has 5 heteroatoms. The number of nitrogens with zero attached hydrogens (tertiary/aromatic N) is 2. The summed E-state index contributed by atoms with van der Waals surface area (Å²) in [6.07, 6.45) is 2.24. The topological polar surface area (TPSA) is 75.1 Å². The summed E-state index contributed by atoms with van der Waals surface area (Å²) in [5.41, 5.74) is 1.86. The van der Waals surface area contributed by atoms with E-state index in [9.17, 15) is 4.79 Å².